The van der Waals surface area contributed by atoms with Crippen molar-refractivity contribution >= 4 is 5.69 Å². The molecule has 0 radical (unpaired) electrons. The monoisotopic (exact) mass is 248 g/mol. The highest BCUT2D eigenvalue weighted by Gasteiger charge is 2.31. The minimum absolute atomic E-state index is 0.513. The van der Waals surface area contributed by atoms with Crippen molar-refractivity contribution in [2.24, 2.45) is 5.73 Å². The van der Waals surface area contributed by atoms with Crippen LogP contribution in [0, 0.1) is 0 Å². The smallest absolute Gasteiger partial charge is 0.0791 e. The summed E-state index contributed by atoms with van der Waals surface area (Å²) in [5.74, 6) is 0.513. The quantitative estimate of drug-likeness (QED) is 0.839. The van der Waals surface area contributed by atoms with Crippen molar-refractivity contribution in [2.45, 2.75) is 38.2 Å². The lowest BCUT2D eigenvalue weighted by Gasteiger charge is -2.30. The van der Waals surface area contributed by atoms with Gasteiger partial charge in [0.25, 0.3) is 0 Å². The molecule has 0 aliphatic carbocycles. The van der Waals surface area contributed by atoms with Crippen molar-refractivity contribution < 1.29 is 5.11 Å². The molecule has 0 bridgehead atoms. The molecule has 0 amide bonds. The van der Waals surface area contributed by atoms with Gasteiger partial charge in [0.2, 0.25) is 0 Å². The number of para-hydroxylation sites is 1. The molecule has 0 fully saturated rings. The van der Waals surface area contributed by atoms with E-state index in [1.807, 2.05) is 13.8 Å². The summed E-state index contributed by atoms with van der Waals surface area (Å²) < 4.78 is 0. The van der Waals surface area contributed by atoms with E-state index in [2.05, 4.69) is 29.2 Å². The molecule has 18 heavy (non-hydrogen) atoms. The van der Waals surface area contributed by atoms with E-state index in [1.54, 1.807) is 0 Å². The molecule has 1 aromatic rings. The number of nitrogens with zero attached hydrogens (tertiary/aromatic N) is 1. The lowest BCUT2D eigenvalue weighted by atomic mass is 9.98. The summed E-state index contributed by atoms with van der Waals surface area (Å²) in [5, 5.41) is 10.3. The van der Waals surface area contributed by atoms with Crippen molar-refractivity contribution in [1.29, 1.82) is 0 Å². The van der Waals surface area contributed by atoms with Crippen molar-refractivity contribution in [3.05, 3.63) is 29.8 Å². The fourth-order valence-corrected chi connectivity index (χ4v) is 2.70. The molecule has 3 heteroatoms. The first-order chi connectivity index (χ1) is 8.57. The summed E-state index contributed by atoms with van der Waals surface area (Å²) in [4.78, 5) is 2.30. The fraction of sp³-hybridized carbons (Fsp3) is 0.600. The summed E-state index contributed by atoms with van der Waals surface area (Å²) in [7, 11) is 0. The highest BCUT2D eigenvalue weighted by atomic mass is 16.3. The molecule has 0 saturated carbocycles. The van der Waals surface area contributed by atoms with Gasteiger partial charge in [-0.2, -0.15) is 0 Å². The van der Waals surface area contributed by atoms with Gasteiger partial charge in [-0.25, -0.2) is 0 Å². The Labute approximate surface area is 110 Å². The van der Waals surface area contributed by atoms with Crippen LogP contribution in [0.4, 0.5) is 5.69 Å². The zero-order chi connectivity index (χ0) is 13.2. The van der Waals surface area contributed by atoms with E-state index < -0.39 is 5.60 Å². The van der Waals surface area contributed by atoms with Gasteiger partial charge in [0.1, 0.15) is 0 Å². The summed E-state index contributed by atoms with van der Waals surface area (Å²) in [6.07, 6.45) is 1.79. The van der Waals surface area contributed by atoms with Crippen LogP contribution in [-0.2, 0) is 0 Å². The Morgan fingerprint density at radius 3 is 2.83 bits per heavy atom. The van der Waals surface area contributed by atoms with Crippen LogP contribution in [0.2, 0.25) is 0 Å². The molecular weight excluding hydrogens is 224 g/mol. The van der Waals surface area contributed by atoms with Gasteiger partial charge >= 0.3 is 0 Å². The number of benzene rings is 1. The topological polar surface area (TPSA) is 49.5 Å². The van der Waals surface area contributed by atoms with Crippen molar-refractivity contribution in [2.75, 3.05) is 24.5 Å². The molecule has 2 atom stereocenters. The molecule has 0 aromatic heterocycles. The van der Waals surface area contributed by atoms with Crippen molar-refractivity contribution in [1.82, 2.24) is 0 Å². The first-order valence-electron chi connectivity index (χ1n) is 6.83. The molecular formula is C15H24N2O. The molecule has 2 rings (SSSR count). The standard InChI is InChI=1S/C15H24N2O/c1-3-15(2,18)11-17-10-12(8-9-16)13-6-4-5-7-14(13)17/h4-7,12,18H,3,8-11,16H2,1-2H3. The van der Waals surface area contributed by atoms with E-state index >= 15 is 0 Å². The Morgan fingerprint density at radius 2 is 2.17 bits per heavy atom. The molecule has 3 N–H and O–H groups in total. The number of anilines is 1. The second-order valence-electron chi connectivity index (χ2n) is 5.56. The van der Waals surface area contributed by atoms with Gasteiger partial charge in [-0.3, -0.25) is 0 Å². The Hall–Kier alpha value is -1.06. The van der Waals surface area contributed by atoms with Crippen molar-refractivity contribution in [3.8, 4) is 0 Å². The zero-order valence-electron chi connectivity index (χ0n) is 11.4. The van der Waals surface area contributed by atoms with Gasteiger partial charge < -0.3 is 15.7 Å². The summed E-state index contributed by atoms with van der Waals surface area (Å²) in [6.45, 7) is 6.33. The predicted molar refractivity (Wildman–Crippen MR) is 76.0 cm³/mol. The SMILES string of the molecule is CCC(C)(O)CN1CC(CCN)c2ccccc21. The highest BCUT2D eigenvalue weighted by molar-refractivity contribution is 5.60. The van der Waals surface area contributed by atoms with Gasteiger partial charge in [0, 0.05) is 24.7 Å². The number of nitrogens with two attached hydrogens (primary N) is 1. The molecule has 0 saturated heterocycles. The third-order valence-electron chi connectivity index (χ3n) is 3.97. The number of fused-ring (bicyclic) bond motifs is 1. The Balaban J connectivity index is 2.20. The maximum atomic E-state index is 10.3. The predicted octanol–water partition coefficient (Wildman–Crippen LogP) is 2.10. The molecule has 100 valence electrons. The van der Waals surface area contributed by atoms with Gasteiger partial charge in [-0.05, 0) is 37.9 Å². The fourth-order valence-electron chi connectivity index (χ4n) is 2.70. The third-order valence-corrected chi connectivity index (χ3v) is 3.97. The number of hydrogen-bond donors (Lipinski definition) is 2. The van der Waals surface area contributed by atoms with Crippen LogP contribution in [0.1, 0.15) is 38.2 Å². The van der Waals surface area contributed by atoms with Gasteiger partial charge in [0.05, 0.1) is 5.60 Å². The molecule has 1 aromatic carbocycles. The molecule has 2 unspecified atom stereocenters. The summed E-state index contributed by atoms with van der Waals surface area (Å²) >= 11 is 0. The largest absolute Gasteiger partial charge is 0.388 e. The van der Waals surface area contributed by atoms with Crippen molar-refractivity contribution in [3.63, 3.8) is 0 Å². The molecule has 1 aliphatic heterocycles. The molecule has 1 heterocycles. The first-order valence-corrected chi connectivity index (χ1v) is 6.83. The lowest BCUT2D eigenvalue weighted by Crippen LogP contribution is -2.40. The average molecular weight is 248 g/mol. The van der Waals surface area contributed by atoms with E-state index in [0.717, 1.165) is 25.9 Å². The van der Waals surface area contributed by atoms with Crippen LogP contribution in [0.3, 0.4) is 0 Å². The lowest BCUT2D eigenvalue weighted by molar-refractivity contribution is 0.0632. The Kier molecular flexibility index (Phi) is 3.93. The van der Waals surface area contributed by atoms with Crippen LogP contribution in [0.5, 0.6) is 0 Å². The van der Waals surface area contributed by atoms with E-state index in [0.29, 0.717) is 12.5 Å². The zero-order valence-corrected chi connectivity index (χ0v) is 11.4. The minimum Gasteiger partial charge on any atom is -0.388 e. The average Bonchev–Trinajstić information content (AvgIpc) is 2.68. The number of rotatable bonds is 5. The molecule has 3 nitrogen and oxygen atoms in total. The maximum absolute atomic E-state index is 10.3. The Bertz CT molecular complexity index is 403. The van der Waals surface area contributed by atoms with Crippen LogP contribution in [0.25, 0.3) is 0 Å². The molecule has 0 spiro atoms. The van der Waals surface area contributed by atoms with E-state index in [1.165, 1.54) is 11.3 Å². The van der Waals surface area contributed by atoms with Crippen LogP contribution in [-0.4, -0.2) is 30.3 Å². The van der Waals surface area contributed by atoms with Crippen LogP contribution >= 0.6 is 0 Å². The summed E-state index contributed by atoms with van der Waals surface area (Å²) in [5.41, 5.74) is 7.73. The minimum atomic E-state index is -0.620. The second kappa shape index (κ2) is 5.29. The normalized spacial score (nSPS) is 21.8. The van der Waals surface area contributed by atoms with Crippen LogP contribution < -0.4 is 10.6 Å². The first kappa shape index (κ1) is 13.4. The van der Waals surface area contributed by atoms with Gasteiger partial charge in [0.15, 0.2) is 0 Å². The molecule has 1 aliphatic rings. The van der Waals surface area contributed by atoms with Gasteiger partial charge in [-0.1, -0.05) is 25.1 Å². The van der Waals surface area contributed by atoms with E-state index in [-0.39, 0.29) is 0 Å². The summed E-state index contributed by atoms with van der Waals surface area (Å²) in [6, 6.07) is 8.50. The number of β-amino-alcohol motifs (C(OH)–C–C–N with tert-alkyl or cyclic N) is 1. The Morgan fingerprint density at radius 1 is 1.44 bits per heavy atom. The van der Waals surface area contributed by atoms with E-state index in [9.17, 15) is 5.11 Å². The third kappa shape index (κ3) is 2.68. The van der Waals surface area contributed by atoms with Gasteiger partial charge in [-0.15, -0.1) is 0 Å². The highest BCUT2D eigenvalue weighted by Crippen LogP contribution is 2.38. The number of aliphatic hydroxyl groups is 1. The van der Waals surface area contributed by atoms with Crippen LogP contribution in [0.15, 0.2) is 24.3 Å². The maximum Gasteiger partial charge on any atom is 0.0791 e. The number of hydrogen-bond acceptors (Lipinski definition) is 3. The second-order valence-corrected chi connectivity index (χ2v) is 5.56. The van der Waals surface area contributed by atoms with E-state index in [4.69, 9.17) is 5.73 Å².